The summed E-state index contributed by atoms with van der Waals surface area (Å²) in [5, 5.41) is 3.00. The third kappa shape index (κ3) is 6.40. The van der Waals surface area contributed by atoms with E-state index in [1.807, 2.05) is 19.1 Å². The predicted octanol–water partition coefficient (Wildman–Crippen LogP) is 2.84. The molecule has 0 aliphatic carbocycles. The summed E-state index contributed by atoms with van der Waals surface area (Å²) in [5.74, 6) is 0.391. The third-order valence-corrected chi connectivity index (χ3v) is 3.24. The molecule has 0 aliphatic rings. The minimum atomic E-state index is -0.403. The molecule has 0 saturated carbocycles. The number of halogens is 1. The van der Waals surface area contributed by atoms with Gasteiger partial charge >= 0.3 is 0 Å². The largest absolute Gasteiger partial charge is 0.352 e. The van der Waals surface area contributed by atoms with Crippen molar-refractivity contribution in [3.63, 3.8) is 0 Å². The smallest absolute Gasteiger partial charge is 0.237 e. The lowest BCUT2D eigenvalue weighted by atomic mass is 10.0. The van der Waals surface area contributed by atoms with Gasteiger partial charge in [0.15, 0.2) is 0 Å². The Morgan fingerprint density at radius 1 is 1.25 bits per heavy atom. The van der Waals surface area contributed by atoms with Crippen LogP contribution in [0.15, 0.2) is 24.3 Å². The molecule has 0 fully saturated rings. The van der Waals surface area contributed by atoms with Crippen LogP contribution in [0.25, 0.3) is 0 Å². The zero-order valence-corrected chi connectivity index (χ0v) is 13.7. The van der Waals surface area contributed by atoms with E-state index < -0.39 is 6.04 Å². The van der Waals surface area contributed by atoms with E-state index in [0.29, 0.717) is 5.92 Å². The van der Waals surface area contributed by atoms with Crippen LogP contribution in [-0.4, -0.2) is 18.0 Å². The standard InChI is InChI=1S/C16H26N2O.ClH/c1-11(2)9-15(17)16(19)18-13(4)10-14-8-6-5-7-12(14)3;/h5-8,11,13,15H,9-10,17H2,1-4H3,(H,18,19);1H/t13?,15-;/m0./s1. The maximum Gasteiger partial charge on any atom is 0.237 e. The van der Waals surface area contributed by atoms with Gasteiger partial charge in [0.1, 0.15) is 0 Å². The van der Waals surface area contributed by atoms with Gasteiger partial charge in [-0.1, -0.05) is 38.1 Å². The summed E-state index contributed by atoms with van der Waals surface area (Å²) in [6, 6.07) is 7.95. The van der Waals surface area contributed by atoms with Crippen LogP contribution in [0.1, 0.15) is 38.3 Å². The molecule has 0 aliphatic heterocycles. The molecule has 3 nitrogen and oxygen atoms in total. The Labute approximate surface area is 128 Å². The molecule has 20 heavy (non-hydrogen) atoms. The first-order valence-corrected chi connectivity index (χ1v) is 7.00. The van der Waals surface area contributed by atoms with E-state index >= 15 is 0 Å². The summed E-state index contributed by atoms with van der Waals surface area (Å²) < 4.78 is 0. The van der Waals surface area contributed by atoms with Crippen LogP contribution in [0.4, 0.5) is 0 Å². The number of benzene rings is 1. The van der Waals surface area contributed by atoms with Crippen molar-refractivity contribution in [2.45, 2.75) is 52.6 Å². The lowest BCUT2D eigenvalue weighted by Gasteiger charge is -2.19. The van der Waals surface area contributed by atoms with Gasteiger partial charge in [-0.05, 0) is 43.7 Å². The molecule has 0 radical (unpaired) electrons. The van der Waals surface area contributed by atoms with Gasteiger partial charge in [0.05, 0.1) is 6.04 Å². The summed E-state index contributed by atoms with van der Waals surface area (Å²) in [5.41, 5.74) is 8.41. The Morgan fingerprint density at radius 2 is 1.85 bits per heavy atom. The second-order valence-electron chi connectivity index (χ2n) is 5.78. The second-order valence-corrected chi connectivity index (χ2v) is 5.78. The van der Waals surface area contributed by atoms with E-state index in [1.165, 1.54) is 11.1 Å². The SMILES string of the molecule is Cc1ccccc1CC(C)NC(=O)[C@@H](N)CC(C)C.Cl. The minimum absolute atomic E-state index is 0. The van der Waals surface area contributed by atoms with Crippen LogP contribution in [0.3, 0.4) is 0 Å². The number of hydrogen-bond donors (Lipinski definition) is 2. The number of amides is 1. The summed E-state index contributed by atoms with van der Waals surface area (Å²) in [4.78, 5) is 11.9. The molecular weight excluding hydrogens is 272 g/mol. The van der Waals surface area contributed by atoms with Crippen molar-refractivity contribution in [1.29, 1.82) is 0 Å². The number of carbonyl (C=O) groups is 1. The molecule has 2 atom stereocenters. The van der Waals surface area contributed by atoms with Crippen molar-refractivity contribution in [1.82, 2.24) is 5.32 Å². The Kier molecular flexibility index (Phi) is 8.51. The first-order valence-electron chi connectivity index (χ1n) is 7.00. The first-order chi connectivity index (χ1) is 8.90. The molecule has 1 aromatic carbocycles. The minimum Gasteiger partial charge on any atom is -0.352 e. The van der Waals surface area contributed by atoms with Crippen LogP contribution in [0.2, 0.25) is 0 Å². The van der Waals surface area contributed by atoms with Crippen LogP contribution in [0.5, 0.6) is 0 Å². The number of rotatable bonds is 6. The molecule has 114 valence electrons. The molecular formula is C16H27ClN2O. The van der Waals surface area contributed by atoms with Crippen molar-refractivity contribution in [2.24, 2.45) is 11.7 Å². The number of carbonyl (C=O) groups excluding carboxylic acids is 1. The van der Waals surface area contributed by atoms with Gasteiger partial charge < -0.3 is 11.1 Å². The van der Waals surface area contributed by atoms with E-state index in [4.69, 9.17) is 5.73 Å². The van der Waals surface area contributed by atoms with Gasteiger partial charge in [-0.2, -0.15) is 0 Å². The molecule has 1 rings (SSSR count). The maximum atomic E-state index is 11.9. The first kappa shape index (κ1) is 18.9. The van der Waals surface area contributed by atoms with E-state index in [9.17, 15) is 4.79 Å². The van der Waals surface area contributed by atoms with Crippen molar-refractivity contribution in [3.05, 3.63) is 35.4 Å². The van der Waals surface area contributed by atoms with Gasteiger partial charge in [0.2, 0.25) is 5.91 Å². The van der Waals surface area contributed by atoms with Crippen molar-refractivity contribution in [2.75, 3.05) is 0 Å². The van der Waals surface area contributed by atoms with Gasteiger partial charge in [0, 0.05) is 6.04 Å². The molecule has 0 spiro atoms. The number of hydrogen-bond acceptors (Lipinski definition) is 2. The Bertz CT molecular complexity index is 421. The zero-order valence-electron chi connectivity index (χ0n) is 12.8. The summed E-state index contributed by atoms with van der Waals surface area (Å²) >= 11 is 0. The van der Waals surface area contributed by atoms with Crippen LogP contribution < -0.4 is 11.1 Å². The van der Waals surface area contributed by atoms with Gasteiger partial charge in [-0.25, -0.2) is 0 Å². The van der Waals surface area contributed by atoms with E-state index in [-0.39, 0.29) is 24.4 Å². The van der Waals surface area contributed by atoms with E-state index in [2.05, 4.69) is 38.2 Å². The average molecular weight is 299 g/mol. The predicted molar refractivity (Wildman–Crippen MR) is 87.2 cm³/mol. The molecule has 0 bridgehead atoms. The fourth-order valence-electron chi connectivity index (χ4n) is 2.18. The number of aryl methyl sites for hydroxylation is 1. The van der Waals surface area contributed by atoms with Gasteiger partial charge in [-0.15, -0.1) is 12.4 Å². The highest BCUT2D eigenvalue weighted by molar-refractivity contribution is 5.85. The van der Waals surface area contributed by atoms with Crippen LogP contribution in [-0.2, 0) is 11.2 Å². The molecule has 1 unspecified atom stereocenters. The second kappa shape index (κ2) is 8.98. The fraction of sp³-hybridized carbons (Fsp3) is 0.562. The monoisotopic (exact) mass is 298 g/mol. The Balaban J connectivity index is 0.00000361. The topological polar surface area (TPSA) is 55.1 Å². The normalized spacial score (nSPS) is 13.5. The summed E-state index contributed by atoms with van der Waals surface area (Å²) in [6.45, 7) is 8.26. The highest BCUT2D eigenvalue weighted by Crippen LogP contribution is 2.10. The van der Waals surface area contributed by atoms with Crippen molar-refractivity contribution >= 4 is 18.3 Å². The van der Waals surface area contributed by atoms with Crippen LogP contribution >= 0.6 is 12.4 Å². The zero-order chi connectivity index (χ0) is 14.4. The highest BCUT2D eigenvalue weighted by Gasteiger charge is 2.17. The molecule has 1 amide bonds. The fourth-order valence-corrected chi connectivity index (χ4v) is 2.18. The molecule has 1 aromatic rings. The van der Waals surface area contributed by atoms with Crippen molar-refractivity contribution in [3.8, 4) is 0 Å². The van der Waals surface area contributed by atoms with Crippen molar-refractivity contribution < 1.29 is 4.79 Å². The van der Waals surface area contributed by atoms with Crippen LogP contribution in [0, 0.1) is 12.8 Å². The van der Waals surface area contributed by atoms with Gasteiger partial charge in [0.25, 0.3) is 0 Å². The third-order valence-electron chi connectivity index (χ3n) is 3.24. The summed E-state index contributed by atoms with van der Waals surface area (Å²) in [7, 11) is 0. The lowest BCUT2D eigenvalue weighted by Crippen LogP contribution is -2.45. The van der Waals surface area contributed by atoms with E-state index in [1.54, 1.807) is 0 Å². The molecule has 4 heteroatoms. The number of nitrogens with two attached hydrogens (primary N) is 1. The highest BCUT2D eigenvalue weighted by atomic mass is 35.5. The molecule has 3 N–H and O–H groups in total. The molecule has 0 saturated heterocycles. The molecule has 0 heterocycles. The summed E-state index contributed by atoms with van der Waals surface area (Å²) in [6.07, 6.45) is 1.57. The Hall–Kier alpha value is -1.06. The average Bonchev–Trinajstić information content (AvgIpc) is 2.31. The molecule has 0 aromatic heterocycles. The lowest BCUT2D eigenvalue weighted by molar-refractivity contribution is -0.123. The quantitative estimate of drug-likeness (QED) is 0.848. The van der Waals surface area contributed by atoms with Gasteiger partial charge in [-0.3, -0.25) is 4.79 Å². The number of nitrogens with one attached hydrogen (secondary N) is 1. The maximum absolute atomic E-state index is 11.9. The Morgan fingerprint density at radius 3 is 2.40 bits per heavy atom. The van der Waals surface area contributed by atoms with E-state index in [0.717, 1.165) is 12.8 Å².